The number of aliphatic carboxylic acids is 1. The highest BCUT2D eigenvalue weighted by molar-refractivity contribution is 5.99. The molecule has 0 saturated heterocycles. The van der Waals surface area contributed by atoms with E-state index in [1.54, 1.807) is 29.4 Å². The molecule has 1 amide bonds. The molecule has 1 aliphatic carbocycles. The summed E-state index contributed by atoms with van der Waals surface area (Å²) >= 11 is 0. The second-order valence-electron chi connectivity index (χ2n) is 4.76. The van der Waals surface area contributed by atoms with Crippen molar-refractivity contribution in [2.75, 3.05) is 5.32 Å². The van der Waals surface area contributed by atoms with Crippen molar-refractivity contribution in [3.05, 3.63) is 43.0 Å². The molecule has 0 bridgehead atoms. The number of anilines is 1. The highest BCUT2D eigenvalue weighted by Gasteiger charge is 2.48. The van der Waals surface area contributed by atoms with Crippen molar-refractivity contribution in [1.82, 2.24) is 9.55 Å². The van der Waals surface area contributed by atoms with E-state index in [-0.39, 0.29) is 5.91 Å². The maximum absolute atomic E-state index is 12.0. The van der Waals surface area contributed by atoms with Crippen LogP contribution in [0.3, 0.4) is 0 Å². The Hall–Kier alpha value is -2.63. The Morgan fingerprint density at radius 2 is 2.10 bits per heavy atom. The van der Waals surface area contributed by atoms with E-state index in [0.717, 1.165) is 5.69 Å². The number of carbonyl (C=O) groups excluding carboxylic acids is 1. The van der Waals surface area contributed by atoms with E-state index in [4.69, 9.17) is 5.11 Å². The van der Waals surface area contributed by atoms with Gasteiger partial charge in [0.1, 0.15) is 0 Å². The zero-order chi connectivity index (χ0) is 14.1. The van der Waals surface area contributed by atoms with Gasteiger partial charge in [0.05, 0.1) is 29.5 Å². The van der Waals surface area contributed by atoms with Gasteiger partial charge < -0.3 is 15.0 Å². The molecule has 1 aliphatic rings. The Morgan fingerprint density at radius 1 is 1.30 bits per heavy atom. The van der Waals surface area contributed by atoms with Crippen molar-refractivity contribution in [2.24, 2.45) is 11.8 Å². The third-order valence-electron chi connectivity index (χ3n) is 3.39. The highest BCUT2D eigenvalue weighted by Crippen LogP contribution is 2.39. The van der Waals surface area contributed by atoms with Crippen LogP contribution in [-0.2, 0) is 9.59 Å². The van der Waals surface area contributed by atoms with Crippen molar-refractivity contribution in [2.45, 2.75) is 6.42 Å². The van der Waals surface area contributed by atoms with Crippen LogP contribution in [-0.4, -0.2) is 26.5 Å². The quantitative estimate of drug-likeness (QED) is 0.883. The van der Waals surface area contributed by atoms with E-state index >= 15 is 0 Å². The van der Waals surface area contributed by atoms with Gasteiger partial charge in [0, 0.05) is 12.4 Å². The molecule has 2 aromatic rings. The van der Waals surface area contributed by atoms with Crippen LogP contribution in [0.25, 0.3) is 5.69 Å². The van der Waals surface area contributed by atoms with Gasteiger partial charge >= 0.3 is 5.97 Å². The zero-order valence-corrected chi connectivity index (χ0v) is 10.6. The second kappa shape index (κ2) is 4.80. The van der Waals surface area contributed by atoms with Crippen molar-refractivity contribution < 1.29 is 14.7 Å². The fraction of sp³-hybridized carbons (Fsp3) is 0.214. The lowest BCUT2D eigenvalue weighted by molar-refractivity contribution is -0.139. The summed E-state index contributed by atoms with van der Waals surface area (Å²) in [4.78, 5) is 26.8. The number of nitrogens with zero attached hydrogens (tertiary/aromatic N) is 2. The van der Waals surface area contributed by atoms with E-state index in [2.05, 4.69) is 10.3 Å². The normalized spacial score (nSPS) is 20.4. The number of hydrogen-bond acceptors (Lipinski definition) is 3. The molecular formula is C14H13N3O3. The van der Waals surface area contributed by atoms with Crippen molar-refractivity contribution >= 4 is 17.6 Å². The first kappa shape index (κ1) is 12.4. The Kier molecular flexibility index (Phi) is 2.98. The maximum Gasteiger partial charge on any atom is 0.307 e. The summed E-state index contributed by atoms with van der Waals surface area (Å²) in [6.45, 7) is 0. The summed E-state index contributed by atoms with van der Waals surface area (Å²) in [6, 6.07) is 7.32. The first-order valence-electron chi connectivity index (χ1n) is 6.28. The number of amides is 1. The predicted octanol–water partition coefficient (Wildman–Crippen LogP) is 1.53. The van der Waals surface area contributed by atoms with E-state index < -0.39 is 17.8 Å². The molecule has 6 heteroatoms. The summed E-state index contributed by atoms with van der Waals surface area (Å²) in [5.41, 5.74) is 1.44. The molecule has 2 N–H and O–H groups in total. The molecule has 6 nitrogen and oxygen atoms in total. The van der Waals surface area contributed by atoms with E-state index in [9.17, 15) is 9.59 Å². The number of imidazole rings is 1. The standard InChI is InChI=1S/C14H13N3O3/c18-13(9-7-10(9)14(19)20)16-11-3-1-2-4-12(11)17-6-5-15-8-17/h1-6,8-10H,7H2,(H,16,18)(H,19,20)/t9-,10+/m1/s1. The molecule has 1 fully saturated rings. The van der Waals surface area contributed by atoms with Crippen molar-refractivity contribution in [3.63, 3.8) is 0 Å². The summed E-state index contributed by atoms with van der Waals surface area (Å²) in [7, 11) is 0. The molecule has 20 heavy (non-hydrogen) atoms. The van der Waals surface area contributed by atoms with Gasteiger partial charge in [0.15, 0.2) is 0 Å². The molecule has 2 atom stereocenters. The largest absolute Gasteiger partial charge is 0.481 e. The number of hydrogen-bond donors (Lipinski definition) is 2. The number of carbonyl (C=O) groups is 2. The molecule has 1 heterocycles. The molecule has 0 aliphatic heterocycles. The van der Waals surface area contributed by atoms with Crippen LogP contribution >= 0.6 is 0 Å². The average molecular weight is 271 g/mol. The smallest absolute Gasteiger partial charge is 0.307 e. The lowest BCUT2D eigenvalue weighted by atomic mass is 10.2. The zero-order valence-electron chi connectivity index (χ0n) is 10.6. The number of benzene rings is 1. The van der Waals surface area contributed by atoms with Crippen LogP contribution in [0.5, 0.6) is 0 Å². The molecule has 0 radical (unpaired) electrons. The SMILES string of the molecule is O=C(O)[C@H]1C[C@H]1C(=O)Nc1ccccc1-n1ccnc1. The van der Waals surface area contributed by atoms with E-state index in [1.165, 1.54) is 0 Å². The summed E-state index contributed by atoms with van der Waals surface area (Å²) < 4.78 is 1.79. The lowest BCUT2D eigenvalue weighted by Crippen LogP contribution is -2.17. The fourth-order valence-corrected chi connectivity index (χ4v) is 2.19. The maximum atomic E-state index is 12.0. The molecule has 102 valence electrons. The Morgan fingerprint density at radius 3 is 2.75 bits per heavy atom. The van der Waals surface area contributed by atoms with Crippen LogP contribution in [0.15, 0.2) is 43.0 Å². The predicted molar refractivity (Wildman–Crippen MR) is 71.4 cm³/mol. The number of rotatable bonds is 4. The first-order valence-corrected chi connectivity index (χ1v) is 6.28. The van der Waals surface area contributed by atoms with Gasteiger partial charge in [-0.25, -0.2) is 4.98 Å². The van der Waals surface area contributed by atoms with Gasteiger partial charge in [0.25, 0.3) is 0 Å². The molecule has 1 saturated carbocycles. The van der Waals surface area contributed by atoms with Crippen molar-refractivity contribution in [1.29, 1.82) is 0 Å². The summed E-state index contributed by atoms with van der Waals surface area (Å²) in [5.74, 6) is -2.13. The molecule has 0 spiro atoms. The number of para-hydroxylation sites is 2. The second-order valence-corrected chi connectivity index (χ2v) is 4.76. The van der Waals surface area contributed by atoms with Crippen LogP contribution in [0.4, 0.5) is 5.69 Å². The number of aromatic nitrogens is 2. The fourth-order valence-electron chi connectivity index (χ4n) is 2.19. The van der Waals surface area contributed by atoms with Gasteiger partial charge in [0.2, 0.25) is 5.91 Å². The average Bonchev–Trinajstić information content (AvgIpc) is 3.08. The third-order valence-corrected chi connectivity index (χ3v) is 3.39. The molecule has 3 rings (SSSR count). The van der Waals surface area contributed by atoms with E-state index in [1.807, 2.05) is 18.2 Å². The van der Waals surface area contributed by atoms with Gasteiger partial charge in [-0.3, -0.25) is 9.59 Å². The minimum absolute atomic E-state index is 0.245. The van der Waals surface area contributed by atoms with E-state index in [0.29, 0.717) is 12.1 Å². The minimum atomic E-state index is -0.909. The third kappa shape index (κ3) is 2.27. The molecule has 0 unspecified atom stereocenters. The van der Waals surface area contributed by atoms with Gasteiger partial charge in [-0.2, -0.15) is 0 Å². The molecule has 1 aromatic carbocycles. The monoisotopic (exact) mass is 271 g/mol. The number of carboxylic acid groups (broad SMARTS) is 1. The highest BCUT2D eigenvalue weighted by atomic mass is 16.4. The van der Waals surface area contributed by atoms with Crippen LogP contribution in [0.1, 0.15) is 6.42 Å². The molecular weight excluding hydrogens is 258 g/mol. The number of nitrogens with one attached hydrogen (secondary N) is 1. The summed E-state index contributed by atoms with van der Waals surface area (Å²) in [6.07, 6.45) is 5.48. The minimum Gasteiger partial charge on any atom is -0.481 e. The van der Waals surface area contributed by atoms with Crippen LogP contribution in [0.2, 0.25) is 0 Å². The van der Waals surface area contributed by atoms with Crippen molar-refractivity contribution in [3.8, 4) is 5.69 Å². The van der Waals surface area contributed by atoms with Gasteiger partial charge in [-0.15, -0.1) is 0 Å². The van der Waals surface area contributed by atoms with Gasteiger partial charge in [-0.1, -0.05) is 12.1 Å². The lowest BCUT2D eigenvalue weighted by Gasteiger charge is -2.11. The Balaban J connectivity index is 1.79. The van der Waals surface area contributed by atoms with Crippen LogP contribution < -0.4 is 5.32 Å². The van der Waals surface area contributed by atoms with Gasteiger partial charge in [-0.05, 0) is 18.6 Å². The topological polar surface area (TPSA) is 84.2 Å². The van der Waals surface area contributed by atoms with Crippen LogP contribution in [0, 0.1) is 11.8 Å². The number of carboxylic acids is 1. The Bertz CT molecular complexity index is 651. The molecule has 1 aromatic heterocycles. The summed E-state index contributed by atoms with van der Waals surface area (Å²) in [5, 5.41) is 11.6. The Labute approximate surface area is 115 Å². The first-order chi connectivity index (χ1) is 9.66.